The lowest BCUT2D eigenvalue weighted by molar-refractivity contribution is 0.563. The highest BCUT2D eigenvalue weighted by Crippen LogP contribution is 2.25. The summed E-state index contributed by atoms with van der Waals surface area (Å²) in [7, 11) is 2.01. The molecule has 0 aliphatic heterocycles. The number of furan rings is 1. The number of nitrogens with zero attached hydrogens (tertiary/aromatic N) is 1. The van der Waals surface area contributed by atoms with Crippen molar-refractivity contribution in [1.82, 2.24) is 0 Å². The molecule has 0 spiro atoms. The minimum Gasteiger partial charge on any atom is -0.472 e. The number of hydrogen-bond donors (Lipinski definition) is 1. The molecular weight excluding hydrogens is 236 g/mol. The van der Waals surface area contributed by atoms with Gasteiger partial charge in [-0.05, 0) is 23.8 Å². The Hall–Kier alpha value is -1.45. The van der Waals surface area contributed by atoms with E-state index in [2.05, 4.69) is 4.90 Å². The van der Waals surface area contributed by atoms with Gasteiger partial charge in [-0.15, -0.1) is 0 Å². The van der Waals surface area contributed by atoms with Gasteiger partial charge in [-0.1, -0.05) is 17.7 Å². The average molecular weight is 251 g/mol. The van der Waals surface area contributed by atoms with Crippen molar-refractivity contribution in [3.05, 3.63) is 52.9 Å². The fourth-order valence-corrected chi connectivity index (χ4v) is 1.97. The second-order valence-electron chi connectivity index (χ2n) is 3.96. The molecule has 2 N–H and O–H groups in total. The number of anilines is 1. The first-order chi connectivity index (χ1) is 8.20. The van der Waals surface area contributed by atoms with E-state index < -0.39 is 0 Å². The van der Waals surface area contributed by atoms with E-state index >= 15 is 0 Å². The topological polar surface area (TPSA) is 42.4 Å². The van der Waals surface area contributed by atoms with Crippen molar-refractivity contribution in [3.63, 3.8) is 0 Å². The lowest BCUT2D eigenvalue weighted by atomic mass is 10.1. The molecule has 3 nitrogen and oxygen atoms in total. The largest absolute Gasteiger partial charge is 0.472 e. The van der Waals surface area contributed by atoms with Crippen LogP contribution in [-0.2, 0) is 13.1 Å². The summed E-state index contributed by atoms with van der Waals surface area (Å²) < 4.78 is 5.05. The maximum Gasteiger partial charge on any atom is 0.0952 e. The van der Waals surface area contributed by atoms with Crippen LogP contribution in [0.4, 0.5) is 5.69 Å². The zero-order valence-electron chi connectivity index (χ0n) is 9.69. The van der Waals surface area contributed by atoms with Crippen LogP contribution in [0, 0.1) is 0 Å². The molecule has 2 rings (SSSR count). The predicted molar refractivity (Wildman–Crippen MR) is 70.2 cm³/mol. The zero-order valence-corrected chi connectivity index (χ0v) is 10.4. The van der Waals surface area contributed by atoms with Crippen molar-refractivity contribution < 1.29 is 4.42 Å². The molecule has 0 atom stereocenters. The SMILES string of the molecule is CN(Cc1ccoc1)c1cc(Cl)ccc1CN. The summed E-state index contributed by atoms with van der Waals surface area (Å²) in [5.74, 6) is 0. The molecule has 1 aromatic carbocycles. The van der Waals surface area contributed by atoms with E-state index in [1.54, 1.807) is 12.5 Å². The van der Waals surface area contributed by atoms with Crippen molar-refractivity contribution >= 4 is 17.3 Å². The first-order valence-corrected chi connectivity index (χ1v) is 5.79. The van der Waals surface area contributed by atoms with Crippen molar-refractivity contribution in [3.8, 4) is 0 Å². The third kappa shape index (κ3) is 2.81. The maximum absolute atomic E-state index is 6.01. The van der Waals surface area contributed by atoms with Crippen molar-refractivity contribution in [1.29, 1.82) is 0 Å². The highest BCUT2D eigenvalue weighted by Gasteiger charge is 2.08. The Kier molecular flexibility index (Phi) is 3.71. The van der Waals surface area contributed by atoms with E-state index in [1.807, 2.05) is 31.3 Å². The number of halogens is 1. The van der Waals surface area contributed by atoms with E-state index in [1.165, 1.54) is 0 Å². The molecule has 0 unspecified atom stereocenters. The van der Waals surface area contributed by atoms with Gasteiger partial charge in [0.2, 0.25) is 0 Å². The van der Waals surface area contributed by atoms with Gasteiger partial charge in [0, 0.05) is 36.4 Å². The molecule has 0 bridgehead atoms. The van der Waals surface area contributed by atoms with E-state index in [0.29, 0.717) is 6.54 Å². The molecule has 1 heterocycles. The van der Waals surface area contributed by atoms with Crippen LogP contribution in [0.3, 0.4) is 0 Å². The van der Waals surface area contributed by atoms with Gasteiger partial charge < -0.3 is 15.1 Å². The normalized spacial score (nSPS) is 10.5. The van der Waals surface area contributed by atoms with Crippen molar-refractivity contribution in [2.45, 2.75) is 13.1 Å². The summed E-state index contributed by atoms with van der Waals surface area (Å²) in [4.78, 5) is 2.11. The van der Waals surface area contributed by atoms with Gasteiger partial charge in [0.1, 0.15) is 0 Å². The first-order valence-electron chi connectivity index (χ1n) is 5.41. The van der Waals surface area contributed by atoms with E-state index in [9.17, 15) is 0 Å². The Bertz CT molecular complexity index is 482. The van der Waals surface area contributed by atoms with Gasteiger partial charge in [-0.25, -0.2) is 0 Å². The van der Waals surface area contributed by atoms with Crippen molar-refractivity contribution in [2.24, 2.45) is 5.73 Å². The molecule has 0 saturated heterocycles. The Balaban J connectivity index is 2.23. The highest BCUT2D eigenvalue weighted by molar-refractivity contribution is 6.30. The molecule has 4 heteroatoms. The van der Waals surface area contributed by atoms with Crippen LogP contribution in [0.2, 0.25) is 5.02 Å². The van der Waals surface area contributed by atoms with Crippen LogP contribution in [0.15, 0.2) is 41.2 Å². The first kappa shape index (κ1) is 12.0. The van der Waals surface area contributed by atoms with Crippen LogP contribution in [0.1, 0.15) is 11.1 Å². The maximum atomic E-state index is 6.01. The monoisotopic (exact) mass is 250 g/mol. The fourth-order valence-electron chi connectivity index (χ4n) is 1.81. The molecule has 0 aliphatic rings. The molecule has 17 heavy (non-hydrogen) atoms. The van der Waals surface area contributed by atoms with Gasteiger partial charge in [-0.3, -0.25) is 0 Å². The summed E-state index contributed by atoms with van der Waals surface area (Å²) in [6, 6.07) is 7.70. The average Bonchev–Trinajstić information content (AvgIpc) is 2.81. The van der Waals surface area contributed by atoms with Crippen LogP contribution in [0.5, 0.6) is 0 Å². The number of nitrogens with two attached hydrogens (primary N) is 1. The smallest absolute Gasteiger partial charge is 0.0952 e. The standard InChI is InChI=1S/C13H15ClN2O/c1-16(8-10-4-5-17-9-10)13-6-12(14)3-2-11(13)7-15/h2-6,9H,7-8,15H2,1H3. The van der Waals surface area contributed by atoms with Gasteiger partial charge in [0.15, 0.2) is 0 Å². The third-order valence-electron chi connectivity index (χ3n) is 2.68. The Morgan fingerprint density at radius 3 is 2.82 bits per heavy atom. The quantitative estimate of drug-likeness (QED) is 0.907. The Labute approximate surface area is 106 Å². The van der Waals surface area contributed by atoms with E-state index in [-0.39, 0.29) is 0 Å². The van der Waals surface area contributed by atoms with Crippen LogP contribution in [0.25, 0.3) is 0 Å². The van der Waals surface area contributed by atoms with Crippen LogP contribution >= 0.6 is 11.6 Å². The molecular formula is C13H15ClN2O. The number of rotatable bonds is 4. The van der Waals surface area contributed by atoms with Gasteiger partial charge >= 0.3 is 0 Å². The zero-order chi connectivity index (χ0) is 12.3. The Morgan fingerprint density at radius 2 is 2.18 bits per heavy atom. The second-order valence-corrected chi connectivity index (χ2v) is 4.40. The highest BCUT2D eigenvalue weighted by atomic mass is 35.5. The third-order valence-corrected chi connectivity index (χ3v) is 2.91. The molecule has 2 aromatic rings. The summed E-state index contributed by atoms with van der Waals surface area (Å²) in [5, 5.41) is 0.719. The summed E-state index contributed by atoms with van der Waals surface area (Å²) in [6.45, 7) is 1.27. The van der Waals surface area contributed by atoms with Crippen molar-refractivity contribution in [2.75, 3.05) is 11.9 Å². The summed E-state index contributed by atoms with van der Waals surface area (Å²) in [5.41, 5.74) is 8.98. The van der Waals surface area contributed by atoms with Gasteiger partial charge in [0.05, 0.1) is 12.5 Å². The Morgan fingerprint density at radius 1 is 1.35 bits per heavy atom. The predicted octanol–water partition coefficient (Wildman–Crippen LogP) is 3.03. The molecule has 0 fully saturated rings. The fraction of sp³-hybridized carbons (Fsp3) is 0.231. The van der Waals surface area contributed by atoms with Gasteiger partial charge in [-0.2, -0.15) is 0 Å². The summed E-state index contributed by atoms with van der Waals surface area (Å²) >= 11 is 6.01. The molecule has 90 valence electrons. The summed E-state index contributed by atoms with van der Waals surface area (Å²) in [6.07, 6.45) is 3.41. The lowest BCUT2D eigenvalue weighted by Gasteiger charge is -2.21. The molecule has 0 radical (unpaired) electrons. The van der Waals surface area contributed by atoms with E-state index in [0.717, 1.165) is 28.4 Å². The van der Waals surface area contributed by atoms with Crippen LogP contribution < -0.4 is 10.6 Å². The minimum absolute atomic E-state index is 0.502. The molecule has 0 saturated carbocycles. The molecule has 0 amide bonds. The lowest BCUT2D eigenvalue weighted by Crippen LogP contribution is -2.18. The minimum atomic E-state index is 0.502. The number of benzene rings is 1. The van der Waals surface area contributed by atoms with Gasteiger partial charge in [0.25, 0.3) is 0 Å². The second kappa shape index (κ2) is 5.25. The van der Waals surface area contributed by atoms with E-state index in [4.69, 9.17) is 21.8 Å². The molecule has 1 aromatic heterocycles. The van der Waals surface area contributed by atoms with Crippen LogP contribution in [-0.4, -0.2) is 7.05 Å². The molecule has 0 aliphatic carbocycles. The number of hydrogen-bond acceptors (Lipinski definition) is 3.